The van der Waals surface area contributed by atoms with Crippen LogP contribution in [0.2, 0.25) is 0 Å². The lowest BCUT2D eigenvalue weighted by Crippen LogP contribution is -2.18. The van der Waals surface area contributed by atoms with Crippen LogP contribution in [0.15, 0.2) is 31.4 Å². The largest absolute Gasteiger partial charge is 0.326 e. The molecule has 14 heavy (non-hydrogen) atoms. The number of rotatable bonds is 0. The molecule has 1 heterocycles. The smallest absolute Gasteiger partial charge is 0.224 e. The third-order valence-corrected chi connectivity index (χ3v) is 2.16. The number of aryl methyl sites for hydroxylation is 2. The highest BCUT2D eigenvalue weighted by molar-refractivity contribution is 5.93. The van der Waals surface area contributed by atoms with Gasteiger partial charge in [-0.2, -0.15) is 0 Å². The molecule has 0 radical (unpaired) electrons. The molecule has 1 N–H and O–H groups in total. The average Bonchev–Trinajstić information content (AvgIpc) is 2.21. The molecule has 0 unspecified atom stereocenters. The maximum absolute atomic E-state index is 11.0. The lowest BCUT2D eigenvalue weighted by molar-refractivity contribution is -0.116. The topological polar surface area (TPSA) is 29.1 Å². The monoisotopic (exact) mass is 189 g/mol. The van der Waals surface area contributed by atoms with Gasteiger partial charge in [-0.3, -0.25) is 4.79 Å². The Labute approximate surface area is 84.6 Å². The molecule has 0 saturated carbocycles. The van der Waals surface area contributed by atoms with Crippen LogP contribution in [0.25, 0.3) is 0 Å². The maximum Gasteiger partial charge on any atom is 0.224 e. The van der Waals surface area contributed by atoms with Gasteiger partial charge in [0.15, 0.2) is 0 Å². The van der Waals surface area contributed by atoms with Crippen LogP contribution in [-0.2, 0) is 11.2 Å². The first-order valence-corrected chi connectivity index (χ1v) is 4.65. The summed E-state index contributed by atoms with van der Waals surface area (Å²) >= 11 is 0. The van der Waals surface area contributed by atoms with Crippen LogP contribution in [0.1, 0.15) is 17.5 Å². The minimum absolute atomic E-state index is 0.131. The van der Waals surface area contributed by atoms with E-state index in [9.17, 15) is 4.79 Å². The second kappa shape index (κ2) is 4.61. The molecular weight excluding hydrogens is 174 g/mol. The van der Waals surface area contributed by atoms with Crippen LogP contribution in [0.4, 0.5) is 5.69 Å². The van der Waals surface area contributed by atoms with Crippen molar-refractivity contribution in [1.82, 2.24) is 0 Å². The van der Waals surface area contributed by atoms with Crippen molar-refractivity contribution >= 4 is 11.6 Å². The van der Waals surface area contributed by atoms with E-state index in [-0.39, 0.29) is 5.91 Å². The quantitative estimate of drug-likeness (QED) is 0.624. The number of amides is 1. The summed E-state index contributed by atoms with van der Waals surface area (Å²) in [7, 11) is 0. The molecule has 0 fully saturated rings. The Bertz CT molecular complexity index is 344. The molecule has 1 aliphatic heterocycles. The molecule has 0 aromatic heterocycles. The zero-order chi connectivity index (χ0) is 10.6. The van der Waals surface area contributed by atoms with E-state index in [0.29, 0.717) is 6.42 Å². The number of fused-ring (bicyclic) bond motifs is 1. The fraction of sp³-hybridized carbons (Fsp3) is 0.250. The normalized spacial score (nSPS) is 13.4. The number of benzene rings is 1. The highest BCUT2D eigenvalue weighted by Crippen LogP contribution is 2.22. The van der Waals surface area contributed by atoms with Crippen molar-refractivity contribution in [1.29, 1.82) is 0 Å². The van der Waals surface area contributed by atoms with Crippen LogP contribution in [0.5, 0.6) is 0 Å². The summed E-state index contributed by atoms with van der Waals surface area (Å²) in [5.74, 6) is 0.131. The van der Waals surface area contributed by atoms with Gasteiger partial charge in [0.2, 0.25) is 5.91 Å². The number of hydrogen-bond donors (Lipinski definition) is 1. The summed E-state index contributed by atoms with van der Waals surface area (Å²) in [5, 5.41) is 2.85. The van der Waals surface area contributed by atoms with E-state index in [1.165, 1.54) is 11.1 Å². The summed E-state index contributed by atoms with van der Waals surface area (Å²) in [4.78, 5) is 11.0. The summed E-state index contributed by atoms with van der Waals surface area (Å²) in [6, 6.07) is 6.13. The van der Waals surface area contributed by atoms with Crippen LogP contribution in [0.3, 0.4) is 0 Å². The average molecular weight is 189 g/mol. The standard InChI is InChI=1S/C10H11NO.C2H4/c1-7-2-4-9-8(6-7)3-5-10(12)11-9;1-2/h2,4,6H,3,5H2,1H3,(H,11,12);1-2H2. The van der Waals surface area contributed by atoms with E-state index in [1.54, 1.807) is 0 Å². The molecule has 0 aliphatic carbocycles. The SMILES string of the molecule is C=C.Cc1ccc2c(c1)CCC(=O)N2. The van der Waals surface area contributed by atoms with Gasteiger partial charge in [0.25, 0.3) is 0 Å². The van der Waals surface area contributed by atoms with Gasteiger partial charge >= 0.3 is 0 Å². The second-order valence-corrected chi connectivity index (χ2v) is 3.21. The minimum Gasteiger partial charge on any atom is -0.326 e. The first-order chi connectivity index (χ1) is 6.75. The second-order valence-electron chi connectivity index (χ2n) is 3.21. The van der Waals surface area contributed by atoms with Gasteiger partial charge in [-0.15, -0.1) is 13.2 Å². The van der Waals surface area contributed by atoms with Gasteiger partial charge in [-0.1, -0.05) is 17.7 Å². The van der Waals surface area contributed by atoms with E-state index in [4.69, 9.17) is 0 Å². The van der Waals surface area contributed by atoms with Crippen molar-refractivity contribution in [3.63, 3.8) is 0 Å². The first kappa shape index (κ1) is 10.5. The summed E-state index contributed by atoms with van der Waals surface area (Å²) in [6.07, 6.45) is 1.50. The number of carbonyl (C=O) groups excluding carboxylic acids is 1. The van der Waals surface area contributed by atoms with Crippen LogP contribution in [-0.4, -0.2) is 5.91 Å². The maximum atomic E-state index is 11.0. The molecular formula is C12H15NO. The Morgan fingerprint density at radius 1 is 1.29 bits per heavy atom. The molecule has 2 heteroatoms. The lowest BCUT2D eigenvalue weighted by Gasteiger charge is -2.16. The van der Waals surface area contributed by atoms with E-state index in [2.05, 4.69) is 31.5 Å². The Balaban J connectivity index is 0.000000461. The van der Waals surface area contributed by atoms with E-state index >= 15 is 0 Å². The Kier molecular flexibility index (Phi) is 3.46. The minimum atomic E-state index is 0.131. The highest BCUT2D eigenvalue weighted by Gasteiger charge is 2.13. The molecule has 74 valence electrons. The molecule has 0 spiro atoms. The van der Waals surface area contributed by atoms with Crippen molar-refractivity contribution in [3.05, 3.63) is 42.5 Å². The lowest BCUT2D eigenvalue weighted by atomic mass is 10.0. The molecule has 1 aromatic carbocycles. The van der Waals surface area contributed by atoms with Crippen molar-refractivity contribution in [2.75, 3.05) is 5.32 Å². The van der Waals surface area contributed by atoms with Crippen LogP contribution >= 0.6 is 0 Å². The van der Waals surface area contributed by atoms with Gasteiger partial charge in [-0.05, 0) is 25.0 Å². The fourth-order valence-electron chi connectivity index (χ4n) is 1.51. The van der Waals surface area contributed by atoms with E-state index in [1.807, 2.05) is 12.1 Å². The van der Waals surface area contributed by atoms with Crippen molar-refractivity contribution in [2.45, 2.75) is 19.8 Å². The fourth-order valence-corrected chi connectivity index (χ4v) is 1.51. The zero-order valence-corrected chi connectivity index (χ0v) is 8.47. The molecule has 0 atom stereocenters. The summed E-state index contributed by atoms with van der Waals surface area (Å²) in [5.41, 5.74) is 3.50. The first-order valence-electron chi connectivity index (χ1n) is 4.65. The molecule has 1 amide bonds. The Morgan fingerprint density at radius 2 is 2.00 bits per heavy atom. The Hall–Kier alpha value is -1.57. The number of carbonyl (C=O) groups is 1. The predicted octanol–water partition coefficient (Wildman–Crippen LogP) is 2.68. The highest BCUT2D eigenvalue weighted by atomic mass is 16.1. The Morgan fingerprint density at radius 3 is 2.71 bits per heavy atom. The number of nitrogens with one attached hydrogen (secondary N) is 1. The zero-order valence-electron chi connectivity index (χ0n) is 8.47. The molecule has 1 aliphatic rings. The van der Waals surface area contributed by atoms with Gasteiger partial charge in [-0.25, -0.2) is 0 Å². The third kappa shape index (κ3) is 2.22. The van der Waals surface area contributed by atoms with Crippen molar-refractivity contribution in [3.8, 4) is 0 Å². The molecule has 0 bridgehead atoms. The number of hydrogen-bond acceptors (Lipinski definition) is 1. The van der Waals surface area contributed by atoms with Gasteiger partial charge in [0, 0.05) is 12.1 Å². The number of anilines is 1. The molecule has 0 saturated heterocycles. The van der Waals surface area contributed by atoms with Gasteiger partial charge in [0.1, 0.15) is 0 Å². The van der Waals surface area contributed by atoms with Gasteiger partial charge in [0.05, 0.1) is 0 Å². The molecule has 2 nitrogen and oxygen atoms in total. The predicted molar refractivity (Wildman–Crippen MR) is 59.4 cm³/mol. The molecule has 2 rings (SSSR count). The van der Waals surface area contributed by atoms with Gasteiger partial charge < -0.3 is 5.32 Å². The van der Waals surface area contributed by atoms with Crippen molar-refractivity contribution in [2.24, 2.45) is 0 Å². The van der Waals surface area contributed by atoms with Crippen molar-refractivity contribution < 1.29 is 4.79 Å². The van der Waals surface area contributed by atoms with E-state index < -0.39 is 0 Å². The summed E-state index contributed by atoms with van der Waals surface area (Å²) in [6.45, 7) is 8.07. The molecule has 1 aromatic rings. The van der Waals surface area contributed by atoms with E-state index in [0.717, 1.165) is 12.1 Å². The van der Waals surface area contributed by atoms with Crippen LogP contribution < -0.4 is 5.32 Å². The van der Waals surface area contributed by atoms with Crippen LogP contribution in [0, 0.1) is 6.92 Å². The summed E-state index contributed by atoms with van der Waals surface area (Å²) < 4.78 is 0. The third-order valence-electron chi connectivity index (χ3n) is 2.16.